The standard InChI is InChI=1S/C17H7N3/c18-8-11-4-3-7-15-13-5-1-2-6-14(13)17(16(11)15)12(9-19)10-20/h1-7H. The predicted octanol–water partition coefficient (Wildman–Crippen LogP) is 3.39. The van der Waals surface area contributed by atoms with E-state index < -0.39 is 0 Å². The smallest absolute Gasteiger partial charge is 0.138 e. The number of fused-ring (bicyclic) bond motifs is 3. The second-order valence-electron chi connectivity index (χ2n) is 4.36. The van der Waals surface area contributed by atoms with Crippen LogP contribution in [0.25, 0.3) is 16.7 Å². The fourth-order valence-corrected chi connectivity index (χ4v) is 2.61. The first-order valence-corrected chi connectivity index (χ1v) is 5.99. The molecule has 20 heavy (non-hydrogen) atoms. The van der Waals surface area contributed by atoms with Crippen molar-refractivity contribution in [3.05, 3.63) is 64.7 Å². The van der Waals surface area contributed by atoms with E-state index in [1.807, 2.05) is 48.5 Å². The third kappa shape index (κ3) is 1.43. The van der Waals surface area contributed by atoms with E-state index in [9.17, 15) is 15.8 Å². The van der Waals surface area contributed by atoms with Gasteiger partial charge in [-0.15, -0.1) is 0 Å². The van der Waals surface area contributed by atoms with Crippen molar-refractivity contribution in [3.8, 4) is 29.3 Å². The molecule has 3 nitrogen and oxygen atoms in total. The third-order valence-electron chi connectivity index (χ3n) is 3.40. The molecule has 1 aliphatic carbocycles. The van der Waals surface area contributed by atoms with Gasteiger partial charge in [-0.25, -0.2) is 0 Å². The SMILES string of the molecule is N#CC(C#N)=C1c2ccccc2-c2cccc(C#N)c21. The van der Waals surface area contributed by atoms with E-state index in [4.69, 9.17) is 0 Å². The molecule has 90 valence electrons. The summed E-state index contributed by atoms with van der Waals surface area (Å²) in [5.74, 6) is 0. The van der Waals surface area contributed by atoms with Gasteiger partial charge in [-0.3, -0.25) is 0 Å². The zero-order valence-electron chi connectivity index (χ0n) is 10.4. The summed E-state index contributed by atoms with van der Waals surface area (Å²) in [4.78, 5) is 0. The summed E-state index contributed by atoms with van der Waals surface area (Å²) in [6, 6.07) is 19.0. The number of nitriles is 3. The molecule has 0 bridgehead atoms. The molecule has 0 fully saturated rings. The summed E-state index contributed by atoms with van der Waals surface area (Å²) in [5.41, 5.74) is 4.47. The average Bonchev–Trinajstić information content (AvgIpc) is 2.84. The molecule has 0 heterocycles. The second kappa shape index (κ2) is 4.39. The molecular weight excluding hydrogens is 246 g/mol. The molecule has 0 spiro atoms. The molecule has 0 saturated carbocycles. The van der Waals surface area contributed by atoms with E-state index in [1.54, 1.807) is 6.07 Å². The van der Waals surface area contributed by atoms with Crippen LogP contribution in [0.2, 0.25) is 0 Å². The second-order valence-corrected chi connectivity index (χ2v) is 4.36. The molecule has 2 aromatic rings. The molecule has 0 unspecified atom stereocenters. The van der Waals surface area contributed by atoms with Crippen molar-refractivity contribution in [3.63, 3.8) is 0 Å². The Morgan fingerprint density at radius 1 is 0.750 bits per heavy atom. The fourth-order valence-electron chi connectivity index (χ4n) is 2.61. The van der Waals surface area contributed by atoms with Gasteiger partial charge in [0, 0.05) is 11.1 Å². The summed E-state index contributed by atoms with van der Waals surface area (Å²) in [7, 11) is 0. The van der Waals surface area contributed by atoms with Gasteiger partial charge >= 0.3 is 0 Å². The Morgan fingerprint density at radius 2 is 1.40 bits per heavy atom. The van der Waals surface area contributed by atoms with Crippen LogP contribution >= 0.6 is 0 Å². The van der Waals surface area contributed by atoms with Crippen LogP contribution in [0.3, 0.4) is 0 Å². The Hall–Kier alpha value is -3.35. The van der Waals surface area contributed by atoms with Crippen LogP contribution in [-0.4, -0.2) is 0 Å². The van der Waals surface area contributed by atoms with Crippen LogP contribution in [0.4, 0.5) is 0 Å². The first kappa shape index (κ1) is 11.7. The normalized spacial score (nSPS) is 10.8. The number of allylic oxidation sites excluding steroid dienone is 1. The van der Waals surface area contributed by atoms with Crippen molar-refractivity contribution in [1.82, 2.24) is 0 Å². The number of hydrogen-bond donors (Lipinski definition) is 0. The highest BCUT2D eigenvalue weighted by Crippen LogP contribution is 2.46. The van der Waals surface area contributed by atoms with E-state index in [2.05, 4.69) is 6.07 Å². The average molecular weight is 253 g/mol. The zero-order chi connectivity index (χ0) is 14.1. The summed E-state index contributed by atoms with van der Waals surface area (Å²) < 4.78 is 0. The topological polar surface area (TPSA) is 71.4 Å². The minimum Gasteiger partial charge on any atom is -0.192 e. The van der Waals surface area contributed by atoms with Crippen molar-refractivity contribution in [2.24, 2.45) is 0 Å². The van der Waals surface area contributed by atoms with Gasteiger partial charge in [-0.05, 0) is 22.8 Å². The van der Waals surface area contributed by atoms with Crippen molar-refractivity contribution in [2.75, 3.05) is 0 Å². The van der Waals surface area contributed by atoms with Crippen LogP contribution in [0.15, 0.2) is 48.0 Å². The predicted molar refractivity (Wildman–Crippen MR) is 73.8 cm³/mol. The summed E-state index contributed by atoms with van der Waals surface area (Å²) in [6.45, 7) is 0. The van der Waals surface area contributed by atoms with Crippen LogP contribution in [0.5, 0.6) is 0 Å². The lowest BCUT2D eigenvalue weighted by molar-refractivity contribution is 1.44. The Bertz CT molecular complexity index is 868. The largest absolute Gasteiger partial charge is 0.192 e. The molecule has 0 saturated heterocycles. The lowest BCUT2D eigenvalue weighted by Crippen LogP contribution is -1.90. The van der Waals surface area contributed by atoms with Gasteiger partial charge in [0.1, 0.15) is 17.7 Å². The molecule has 0 amide bonds. The van der Waals surface area contributed by atoms with Gasteiger partial charge in [0.25, 0.3) is 0 Å². The minimum atomic E-state index is 0.0406. The highest BCUT2D eigenvalue weighted by atomic mass is 14.4. The van der Waals surface area contributed by atoms with Gasteiger partial charge in [0.15, 0.2) is 0 Å². The molecule has 0 atom stereocenters. The quantitative estimate of drug-likeness (QED) is 0.576. The monoisotopic (exact) mass is 253 g/mol. The maximum atomic E-state index is 9.29. The minimum absolute atomic E-state index is 0.0406. The van der Waals surface area contributed by atoms with E-state index >= 15 is 0 Å². The number of benzene rings is 2. The van der Waals surface area contributed by atoms with Crippen molar-refractivity contribution in [1.29, 1.82) is 15.8 Å². The molecule has 2 aromatic carbocycles. The molecule has 0 radical (unpaired) electrons. The molecule has 3 rings (SSSR count). The number of hydrogen-bond acceptors (Lipinski definition) is 3. The molecule has 1 aliphatic rings. The van der Waals surface area contributed by atoms with Crippen LogP contribution in [-0.2, 0) is 0 Å². The van der Waals surface area contributed by atoms with E-state index in [0.717, 1.165) is 16.7 Å². The van der Waals surface area contributed by atoms with Crippen LogP contribution < -0.4 is 0 Å². The summed E-state index contributed by atoms with van der Waals surface area (Å²) in [5, 5.41) is 27.7. The maximum Gasteiger partial charge on any atom is 0.138 e. The molecule has 0 aromatic heterocycles. The van der Waals surface area contributed by atoms with Crippen LogP contribution in [0.1, 0.15) is 16.7 Å². The van der Waals surface area contributed by atoms with Crippen molar-refractivity contribution >= 4 is 5.57 Å². The molecule has 3 heteroatoms. The lowest BCUT2D eigenvalue weighted by atomic mass is 9.95. The first-order valence-electron chi connectivity index (χ1n) is 5.99. The van der Waals surface area contributed by atoms with Gasteiger partial charge < -0.3 is 0 Å². The first-order chi connectivity index (χ1) is 9.81. The van der Waals surface area contributed by atoms with Gasteiger partial charge in [-0.2, -0.15) is 15.8 Å². The van der Waals surface area contributed by atoms with Crippen LogP contribution in [0, 0.1) is 34.0 Å². The van der Waals surface area contributed by atoms with Gasteiger partial charge in [-0.1, -0.05) is 36.4 Å². The maximum absolute atomic E-state index is 9.29. The van der Waals surface area contributed by atoms with Crippen molar-refractivity contribution in [2.45, 2.75) is 0 Å². The molecule has 0 N–H and O–H groups in total. The van der Waals surface area contributed by atoms with Gasteiger partial charge in [0.05, 0.1) is 11.6 Å². The number of nitrogens with zero attached hydrogens (tertiary/aromatic N) is 3. The van der Waals surface area contributed by atoms with E-state index in [0.29, 0.717) is 16.7 Å². The molecular formula is C17H7N3. The van der Waals surface area contributed by atoms with E-state index in [1.165, 1.54) is 0 Å². The van der Waals surface area contributed by atoms with E-state index in [-0.39, 0.29) is 5.57 Å². The number of rotatable bonds is 0. The summed E-state index contributed by atoms with van der Waals surface area (Å²) >= 11 is 0. The van der Waals surface area contributed by atoms with Gasteiger partial charge in [0.2, 0.25) is 0 Å². The molecule has 0 aliphatic heterocycles. The highest BCUT2D eigenvalue weighted by molar-refractivity contribution is 6.05. The Balaban J connectivity index is 2.53. The Labute approximate surface area is 116 Å². The zero-order valence-corrected chi connectivity index (χ0v) is 10.4. The fraction of sp³-hybridized carbons (Fsp3) is 0. The lowest BCUT2D eigenvalue weighted by Gasteiger charge is -2.04. The Morgan fingerprint density at radius 3 is 2.05 bits per heavy atom. The highest BCUT2D eigenvalue weighted by Gasteiger charge is 2.28. The Kier molecular flexibility index (Phi) is 2.58. The third-order valence-corrected chi connectivity index (χ3v) is 3.40. The summed E-state index contributed by atoms with van der Waals surface area (Å²) in [6.07, 6.45) is 0. The van der Waals surface area contributed by atoms with Crippen molar-refractivity contribution < 1.29 is 0 Å².